The second kappa shape index (κ2) is 5.32. The molecule has 1 amide bonds. The number of carbonyl (C=O) groups excluding carboxylic acids is 1. The molecule has 1 rings (SSSR count). The minimum Gasteiger partial charge on any atom is -0.369 e. The van der Waals surface area contributed by atoms with Crippen molar-refractivity contribution in [2.75, 3.05) is 19.6 Å². The second-order valence-corrected chi connectivity index (χ2v) is 3.97. The van der Waals surface area contributed by atoms with Crippen LogP contribution < -0.4 is 11.1 Å². The highest BCUT2D eigenvalue weighted by molar-refractivity contribution is 5.76. The van der Waals surface area contributed by atoms with E-state index >= 15 is 0 Å². The van der Waals surface area contributed by atoms with Crippen LogP contribution in [-0.4, -0.2) is 42.5 Å². The van der Waals surface area contributed by atoms with Crippen LogP contribution in [0.4, 0.5) is 0 Å². The number of amides is 1. The highest BCUT2D eigenvalue weighted by Gasteiger charge is 2.26. The van der Waals surface area contributed by atoms with Crippen molar-refractivity contribution in [1.29, 1.82) is 0 Å². The van der Waals surface area contributed by atoms with Crippen molar-refractivity contribution in [1.82, 2.24) is 10.2 Å². The summed E-state index contributed by atoms with van der Waals surface area (Å²) in [6, 6.07) is 0.974. The molecule has 2 unspecified atom stereocenters. The van der Waals surface area contributed by atoms with Crippen LogP contribution in [0.25, 0.3) is 0 Å². The monoisotopic (exact) mass is 199 g/mol. The van der Waals surface area contributed by atoms with Crippen LogP contribution in [0.5, 0.6) is 0 Å². The summed E-state index contributed by atoms with van der Waals surface area (Å²) in [6.45, 7) is 6.62. The van der Waals surface area contributed by atoms with Crippen LogP contribution in [0.1, 0.15) is 26.7 Å². The molecule has 0 aromatic rings. The summed E-state index contributed by atoms with van der Waals surface area (Å²) in [5.74, 6) is -0.222. The third kappa shape index (κ3) is 2.96. The van der Waals surface area contributed by atoms with E-state index in [2.05, 4.69) is 24.1 Å². The lowest BCUT2D eigenvalue weighted by Crippen LogP contribution is -2.57. The summed E-state index contributed by atoms with van der Waals surface area (Å²) in [6.07, 6.45) is 2.17. The van der Waals surface area contributed by atoms with E-state index in [-0.39, 0.29) is 5.91 Å². The lowest BCUT2D eigenvalue weighted by atomic mass is 10.1. The molecule has 14 heavy (non-hydrogen) atoms. The zero-order valence-corrected chi connectivity index (χ0v) is 9.12. The Balaban J connectivity index is 2.51. The topological polar surface area (TPSA) is 58.4 Å². The van der Waals surface area contributed by atoms with Gasteiger partial charge in [0.15, 0.2) is 0 Å². The molecule has 4 heteroatoms. The van der Waals surface area contributed by atoms with Gasteiger partial charge >= 0.3 is 0 Å². The van der Waals surface area contributed by atoms with E-state index < -0.39 is 0 Å². The van der Waals surface area contributed by atoms with Gasteiger partial charge in [0.25, 0.3) is 0 Å². The number of hydrogen-bond donors (Lipinski definition) is 2. The minimum atomic E-state index is -0.222. The maximum Gasteiger partial charge on any atom is 0.231 e. The van der Waals surface area contributed by atoms with E-state index in [1.807, 2.05) is 0 Å². The number of nitrogens with zero attached hydrogens (tertiary/aromatic N) is 1. The van der Waals surface area contributed by atoms with Crippen LogP contribution in [0, 0.1) is 0 Å². The van der Waals surface area contributed by atoms with Crippen molar-refractivity contribution in [3.05, 3.63) is 0 Å². The summed E-state index contributed by atoms with van der Waals surface area (Å²) in [4.78, 5) is 13.1. The van der Waals surface area contributed by atoms with Gasteiger partial charge in [-0.1, -0.05) is 13.8 Å². The van der Waals surface area contributed by atoms with Gasteiger partial charge in [0.2, 0.25) is 5.91 Å². The van der Waals surface area contributed by atoms with Gasteiger partial charge in [-0.15, -0.1) is 0 Å². The molecule has 1 heterocycles. The van der Waals surface area contributed by atoms with Gasteiger partial charge in [0.05, 0.1) is 6.54 Å². The number of rotatable bonds is 4. The molecule has 1 aliphatic heterocycles. The van der Waals surface area contributed by atoms with Gasteiger partial charge in [0.1, 0.15) is 0 Å². The maximum absolute atomic E-state index is 10.9. The SMILES string of the molecule is CCC1CN(CC(N)=O)C(CC)CN1. The average Bonchev–Trinajstić information content (AvgIpc) is 2.16. The molecule has 4 nitrogen and oxygen atoms in total. The van der Waals surface area contributed by atoms with E-state index in [1.54, 1.807) is 0 Å². The summed E-state index contributed by atoms with van der Waals surface area (Å²) in [5.41, 5.74) is 5.23. The molecule has 2 atom stereocenters. The predicted molar refractivity (Wildman–Crippen MR) is 56.9 cm³/mol. The lowest BCUT2D eigenvalue weighted by molar-refractivity contribution is -0.120. The lowest BCUT2D eigenvalue weighted by Gasteiger charge is -2.39. The van der Waals surface area contributed by atoms with Crippen LogP contribution in [0.15, 0.2) is 0 Å². The van der Waals surface area contributed by atoms with E-state index in [0.29, 0.717) is 18.6 Å². The molecule has 0 aromatic heterocycles. The molecule has 1 aliphatic rings. The molecule has 1 saturated heterocycles. The molecule has 0 bridgehead atoms. The molecule has 0 saturated carbocycles. The number of hydrogen-bond acceptors (Lipinski definition) is 3. The van der Waals surface area contributed by atoms with Gasteiger partial charge < -0.3 is 11.1 Å². The van der Waals surface area contributed by atoms with Crippen molar-refractivity contribution in [3.8, 4) is 0 Å². The van der Waals surface area contributed by atoms with Gasteiger partial charge in [-0.2, -0.15) is 0 Å². The zero-order chi connectivity index (χ0) is 10.6. The Morgan fingerprint density at radius 3 is 2.71 bits per heavy atom. The van der Waals surface area contributed by atoms with Crippen LogP contribution in [0.2, 0.25) is 0 Å². The fraction of sp³-hybridized carbons (Fsp3) is 0.900. The van der Waals surface area contributed by atoms with Crippen molar-refractivity contribution in [2.45, 2.75) is 38.8 Å². The Labute approximate surface area is 85.8 Å². The number of carbonyl (C=O) groups is 1. The first-order valence-corrected chi connectivity index (χ1v) is 5.43. The van der Waals surface area contributed by atoms with Crippen molar-refractivity contribution in [2.24, 2.45) is 5.73 Å². The molecular formula is C10H21N3O. The number of primary amides is 1. The Kier molecular flexibility index (Phi) is 4.35. The summed E-state index contributed by atoms with van der Waals surface area (Å²) in [7, 11) is 0. The largest absolute Gasteiger partial charge is 0.369 e. The van der Waals surface area contributed by atoms with Crippen LogP contribution >= 0.6 is 0 Å². The summed E-state index contributed by atoms with van der Waals surface area (Å²) >= 11 is 0. The highest BCUT2D eigenvalue weighted by atomic mass is 16.1. The normalized spacial score (nSPS) is 29.0. The predicted octanol–water partition coefficient (Wildman–Crippen LogP) is -0.0659. The fourth-order valence-corrected chi connectivity index (χ4v) is 2.00. The van der Waals surface area contributed by atoms with Crippen molar-refractivity contribution < 1.29 is 4.79 Å². The van der Waals surface area contributed by atoms with Gasteiger partial charge in [-0.3, -0.25) is 9.69 Å². The Morgan fingerprint density at radius 1 is 1.50 bits per heavy atom. The van der Waals surface area contributed by atoms with Gasteiger partial charge in [-0.05, 0) is 12.8 Å². The Morgan fingerprint density at radius 2 is 2.21 bits per heavy atom. The van der Waals surface area contributed by atoms with Crippen LogP contribution in [0.3, 0.4) is 0 Å². The van der Waals surface area contributed by atoms with Crippen molar-refractivity contribution in [3.63, 3.8) is 0 Å². The second-order valence-electron chi connectivity index (χ2n) is 3.97. The van der Waals surface area contributed by atoms with E-state index in [1.165, 1.54) is 0 Å². The molecule has 0 radical (unpaired) electrons. The maximum atomic E-state index is 10.9. The molecule has 0 spiro atoms. The summed E-state index contributed by atoms with van der Waals surface area (Å²) in [5, 5.41) is 3.48. The molecule has 0 aliphatic carbocycles. The quantitative estimate of drug-likeness (QED) is 0.666. The third-order valence-electron chi connectivity index (χ3n) is 2.94. The molecule has 3 N–H and O–H groups in total. The first-order valence-electron chi connectivity index (χ1n) is 5.43. The van der Waals surface area contributed by atoms with Crippen LogP contribution in [-0.2, 0) is 4.79 Å². The smallest absolute Gasteiger partial charge is 0.231 e. The highest BCUT2D eigenvalue weighted by Crippen LogP contribution is 2.11. The number of nitrogens with one attached hydrogen (secondary N) is 1. The Hall–Kier alpha value is -0.610. The average molecular weight is 199 g/mol. The fourth-order valence-electron chi connectivity index (χ4n) is 2.00. The number of piperazine rings is 1. The van der Waals surface area contributed by atoms with E-state index in [0.717, 1.165) is 25.9 Å². The third-order valence-corrected chi connectivity index (χ3v) is 2.94. The molecule has 0 aromatic carbocycles. The molecule has 82 valence electrons. The Bertz CT molecular complexity index is 196. The first-order chi connectivity index (χ1) is 6.67. The zero-order valence-electron chi connectivity index (χ0n) is 9.12. The molecular weight excluding hydrogens is 178 g/mol. The number of nitrogens with two attached hydrogens (primary N) is 1. The minimum absolute atomic E-state index is 0.222. The van der Waals surface area contributed by atoms with Crippen molar-refractivity contribution >= 4 is 5.91 Å². The summed E-state index contributed by atoms with van der Waals surface area (Å²) < 4.78 is 0. The molecule has 1 fully saturated rings. The van der Waals surface area contributed by atoms with E-state index in [9.17, 15) is 4.79 Å². The van der Waals surface area contributed by atoms with Gasteiger partial charge in [-0.25, -0.2) is 0 Å². The van der Waals surface area contributed by atoms with E-state index in [4.69, 9.17) is 5.73 Å². The first kappa shape index (κ1) is 11.5. The standard InChI is InChI=1S/C10H21N3O/c1-3-8-6-13(7-10(11)14)9(4-2)5-12-8/h8-9,12H,3-7H2,1-2H3,(H2,11,14). The van der Waals surface area contributed by atoms with Gasteiger partial charge in [0, 0.05) is 25.2 Å².